The van der Waals surface area contributed by atoms with Gasteiger partial charge in [0.25, 0.3) is 0 Å². The molecule has 1 atom stereocenters. The first-order valence-corrected chi connectivity index (χ1v) is 7.68. The Hall–Kier alpha value is -1.60. The van der Waals surface area contributed by atoms with Gasteiger partial charge in [-0.3, -0.25) is 0 Å². The van der Waals surface area contributed by atoms with Crippen LogP contribution in [-0.2, 0) is 6.42 Å². The van der Waals surface area contributed by atoms with Crippen LogP contribution in [0.1, 0.15) is 24.8 Å². The molecule has 0 saturated carbocycles. The van der Waals surface area contributed by atoms with Crippen LogP contribution >= 0.6 is 0 Å². The maximum Gasteiger partial charge on any atom is 0.00958 e. The Morgan fingerprint density at radius 3 is 2.50 bits per heavy atom. The smallest absolute Gasteiger partial charge is 0.00958 e. The van der Waals surface area contributed by atoms with Crippen LogP contribution in [0.3, 0.4) is 0 Å². The van der Waals surface area contributed by atoms with Crippen LogP contribution in [0.2, 0.25) is 0 Å². The van der Waals surface area contributed by atoms with Crippen molar-refractivity contribution in [2.24, 2.45) is 0 Å². The van der Waals surface area contributed by atoms with E-state index in [4.69, 9.17) is 0 Å². The van der Waals surface area contributed by atoms with E-state index in [2.05, 4.69) is 66.5 Å². The van der Waals surface area contributed by atoms with Crippen molar-refractivity contribution >= 4 is 0 Å². The zero-order chi connectivity index (χ0) is 13.8. The van der Waals surface area contributed by atoms with E-state index in [1.54, 1.807) is 0 Å². The minimum absolute atomic E-state index is 0.777. The number of rotatable bonds is 4. The normalized spacial score (nSPS) is 19.4. The topological polar surface area (TPSA) is 3.24 Å². The summed E-state index contributed by atoms with van der Waals surface area (Å²) in [6.45, 7) is 1.27. The number of hydrogen-bond donors (Lipinski definition) is 0. The predicted molar refractivity (Wildman–Crippen MR) is 85.9 cm³/mol. The molecule has 0 amide bonds. The molecule has 20 heavy (non-hydrogen) atoms. The lowest BCUT2D eigenvalue weighted by molar-refractivity contribution is 0.297. The highest BCUT2D eigenvalue weighted by Crippen LogP contribution is 2.26. The molecular formula is C19H23N. The van der Waals surface area contributed by atoms with Gasteiger partial charge in [-0.2, -0.15) is 0 Å². The third kappa shape index (κ3) is 2.94. The lowest BCUT2D eigenvalue weighted by Gasteiger charge is -2.20. The van der Waals surface area contributed by atoms with Crippen molar-refractivity contribution in [3.63, 3.8) is 0 Å². The summed E-state index contributed by atoms with van der Waals surface area (Å²) in [4.78, 5) is 2.52. The van der Waals surface area contributed by atoms with Gasteiger partial charge in [-0.15, -0.1) is 0 Å². The maximum atomic E-state index is 2.52. The number of aryl methyl sites for hydroxylation is 1. The molecule has 1 aliphatic rings. The molecule has 0 aliphatic carbocycles. The van der Waals surface area contributed by atoms with Gasteiger partial charge in [0.15, 0.2) is 0 Å². The molecule has 2 aromatic carbocycles. The fraction of sp³-hybridized carbons (Fsp3) is 0.368. The first-order valence-electron chi connectivity index (χ1n) is 7.68. The molecule has 1 fully saturated rings. The van der Waals surface area contributed by atoms with Crippen LogP contribution in [0.25, 0.3) is 11.1 Å². The van der Waals surface area contributed by atoms with Gasteiger partial charge in [0.1, 0.15) is 0 Å². The Morgan fingerprint density at radius 2 is 1.75 bits per heavy atom. The highest BCUT2D eigenvalue weighted by atomic mass is 15.1. The van der Waals surface area contributed by atoms with E-state index in [1.807, 2.05) is 0 Å². The van der Waals surface area contributed by atoms with Crippen molar-refractivity contribution in [3.05, 3.63) is 60.2 Å². The van der Waals surface area contributed by atoms with Crippen LogP contribution in [0, 0.1) is 0 Å². The van der Waals surface area contributed by atoms with E-state index >= 15 is 0 Å². The molecule has 0 radical (unpaired) electrons. The molecule has 1 heteroatoms. The van der Waals surface area contributed by atoms with Gasteiger partial charge in [-0.1, -0.05) is 54.6 Å². The van der Waals surface area contributed by atoms with Crippen molar-refractivity contribution < 1.29 is 0 Å². The summed E-state index contributed by atoms with van der Waals surface area (Å²) in [5.74, 6) is 0. The van der Waals surface area contributed by atoms with Gasteiger partial charge in [0.05, 0.1) is 0 Å². The molecule has 2 aromatic rings. The zero-order valence-electron chi connectivity index (χ0n) is 12.3. The fourth-order valence-electron chi connectivity index (χ4n) is 3.30. The standard InChI is InChI=1S/C19H23N/c1-20-15-7-11-18(20)14-13-17-10-5-6-12-19(17)16-8-3-2-4-9-16/h2-6,8-10,12,18H,7,11,13-15H2,1H3. The summed E-state index contributed by atoms with van der Waals surface area (Å²) < 4.78 is 0. The zero-order valence-corrected chi connectivity index (χ0v) is 12.3. The van der Waals surface area contributed by atoms with Gasteiger partial charge < -0.3 is 4.90 Å². The second kappa shape index (κ2) is 6.23. The lowest BCUT2D eigenvalue weighted by Crippen LogP contribution is -2.25. The Bertz CT molecular complexity index is 547. The molecule has 1 saturated heterocycles. The minimum Gasteiger partial charge on any atom is -0.303 e. The summed E-state index contributed by atoms with van der Waals surface area (Å²) in [5.41, 5.74) is 4.22. The Morgan fingerprint density at radius 1 is 1.00 bits per heavy atom. The molecule has 0 bridgehead atoms. The summed E-state index contributed by atoms with van der Waals surface area (Å²) in [6.07, 6.45) is 5.19. The second-order valence-corrected chi connectivity index (χ2v) is 5.84. The number of nitrogens with zero attached hydrogens (tertiary/aromatic N) is 1. The van der Waals surface area contributed by atoms with E-state index < -0.39 is 0 Å². The third-order valence-electron chi connectivity index (χ3n) is 4.52. The molecule has 1 aliphatic heterocycles. The monoisotopic (exact) mass is 265 g/mol. The molecule has 0 aromatic heterocycles. The maximum absolute atomic E-state index is 2.52. The lowest BCUT2D eigenvalue weighted by atomic mass is 9.95. The Kier molecular flexibility index (Phi) is 4.17. The summed E-state index contributed by atoms with van der Waals surface area (Å²) >= 11 is 0. The van der Waals surface area contributed by atoms with Gasteiger partial charge in [0, 0.05) is 6.04 Å². The van der Waals surface area contributed by atoms with Gasteiger partial charge in [-0.25, -0.2) is 0 Å². The molecule has 0 N–H and O–H groups in total. The average molecular weight is 265 g/mol. The molecule has 3 rings (SSSR count). The van der Waals surface area contributed by atoms with E-state index in [1.165, 1.54) is 48.9 Å². The largest absolute Gasteiger partial charge is 0.303 e. The van der Waals surface area contributed by atoms with Crippen molar-refractivity contribution in [2.75, 3.05) is 13.6 Å². The van der Waals surface area contributed by atoms with Crippen molar-refractivity contribution in [1.82, 2.24) is 4.90 Å². The van der Waals surface area contributed by atoms with E-state index in [0.29, 0.717) is 0 Å². The second-order valence-electron chi connectivity index (χ2n) is 5.84. The molecule has 1 nitrogen and oxygen atoms in total. The van der Waals surface area contributed by atoms with Crippen LogP contribution in [0.15, 0.2) is 54.6 Å². The van der Waals surface area contributed by atoms with E-state index in [9.17, 15) is 0 Å². The number of benzene rings is 2. The quantitative estimate of drug-likeness (QED) is 0.793. The number of hydrogen-bond acceptors (Lipinski definition) is 1. The van der Waals surface area contributed by atoms with Crippen molar-refractivity contribution in [2.45, 2.75) is 31.7 Å². The van der Waals surface area contributed by atoms with E-state index in [-0.39, 0.29) is 0 Å². The first-order chi connectivity index (χ1) is 9.84. The first kappa shape index (κ1) is 13.4. The highest BCUT2D eigenvalue weighted by Gasteiger charge is 2.20. The summed E-state index contributed by atoms with van der Waals surface area (Å²) in [5, 5.41) is 0. The average Bonchev–Trinajstić information content (AvgIpc) is 2.92. The highest BCUT2D eigenvalue weighted by molar-refractivity contribution is 5.67. The van der Waals surface area contributed by atoms with Crippen LogP contribution in [0.5, 0.6) is 0 Å². The summed E-state index contributed by atoms with van der Waals surface area (Å²) in [7, 11) is 2.26. The van der Waals surface area contributed by atoms with Gasteiger partial charge in [-0.05, 0) is 56.0 Å². The van der Waals surface area contributed by atoms with Crippen molar-refractivity contribution in [1.29, 1.82) is 0 Å². The SMILES string of the molecule is CN1CCCC1CCc1ccccc1-c1ccccc1. The molecule has 104 valence electrons. The van der Waals surface area contributed by atoms with Crippen LogP contribution in [0.4, 0.5) is 0 Å². The van der Waals surface area contributed by atoms with Gasteiger partial charge >= 0.3 is 0 Å². The Labute approximate surface area is 122 Å². The van der Waals surface area contributed by atoms with Gasteiger partial charge in [0.2, 0.25) is 0 Å². The van der Waals surface area contributed by atoms with E-state index in [0.717, 1.165) is 6.04 Å². The summed E-state index contributed by atoms with van der Waals surface area (Å²) in [6, 6.07) is 20.4. The number of likely N-dealkylation sites (tertiary alicyclic amines) is 1. The third-order valence-corrected chi connectivity index (χ3v) is 4.52. The minimum atomic E-state index is 0.777. The molecule has 1 heterocycles. The Balaban J connectivity index is 1.76. The van der Waals surface area contributed by atoms with Crippen LogP contribution in [-0.4, -0.2) is 24.5 Å². The van der Waals surface area contributed by atoms with Crippen molar-refractivity contribution in [3.8, 4) is 11.1 Å². The molecule has 0 spiro atoms. The molecular weight excluding hydrogens is 242 g/mol. The molecule has 1 unspecified atom stereocenters. The fourth-order valence-corrected chi connectivity index (χ4v) is 3.30. The van der Waals surface area contributed by atoms with Crippen LogP contribution < -0.4 is 0 Å². The predicted octanol–water partition coefficient (Wildman–Crippen LogP) is 4.38.